The molecule has 2 aliphatic rings. The molecule has 0 bridgehead atoms. The van der Waals surface area contributed by atoms with E-state index in [1.807, 2.05) is 13.8 Å². The van der Waals surface area contributed by atoms with Gasteiger partial charge < -0.3 is 9.64 Å². The summed E-state index contributed by atoms with van der Waals surface area (Å²) in [5.74, 6) is -0.379. The molecule has 0 radical (unpaired) electrons. The first kappa shape index (κ1) is 15.4. The number of nitrogens with zero attached hydrogens (tertiary/aromatic N) is 3. The van der Waals surface area contributed by atoms with E-state index in [-0.39, 0.29) is 5.54 Å². The summed E-state index contributed by atoms with van der Waals surface area (Å²) in [4.78, 5) is 13.5. The number of carbonyl (C=O) groups is 1. The van der Waals surface area contributed by atoms with E-state index in [2.05, 4.69) is 5.10 Å². The number of alkyl halides is 3. The van der Waals surface area contributed by atoms with Crippen LogP contribution in [0.2, 0.25) is 0 Å². The molecule has 2 rings (SSSR count). The molecule has 0 aromatic rings. The van der Waals surface area contributed by atoms with E-state index in [9.17, 15) is 18.0 Å². The number of hydrogen-bond acceptors (Lipinski definition) is 4. The van der Waals surface area contributed by atoms with Crippen LogP contribution in [0.25, 0.3) is 0 Å². The quantitative estimate of drug-likeness (QED) is 0.695. The summed E-state index contributed by atoms with van der Waals surface area (Å²) in [6.45, 7) is 4.31. The predicted molar refractivity (Wildman–Crippen MR) is 70.2 cm³/mol. The molecule has 0 aliphatic carbocycles. The Morgan fingerprint density at radius 3 is 2.38 bits per heavy atom. The highest BCUT2D eigenvalue weighted by Gasteiger charge is 2.45. The van der Waals surface area contributed by atoms with Crippen molar-refractivity contribution in [2.45, 2.75) is 25.6 Å². The standard InChI is InChI=1S/C13H16F3N3O2/c1-12(2)7-21-9(18(12)3)6-5-8-10(13(14,15)16)17-19(4)11(8)20/h5-6H,7H2,1-4H3/b8-5+,9-6+. The number of likely N-dealkylation sites (N-methyl/N-ethyl adjacent to an activating group) is 2. The summed E-state index contributed by atoms with van der Waals surface area (Å²) in [5.41, 5.74) is -1.92. The van der Waals surface area contributed by atoms with Crippen LogP contribution in [-0.4, -0.2) is 53.9 Å². The van der Waals surface area contributed by atoms with Crippen molar-refractivity contribution in [1.29, 1.82) is 0 Å². The number of rotatable bonds is 1. The zero-order valence-electron chi connectivity index (χ0n) is 12.2. The molecule has 8 heteroatoms. The van der Waals surface area contributed by atoms with Gasteiger partial charge in [0.25, 0.3) is 5.91 Å². The van der Waals surface area contributed by atoms with E-state index in [0.717, 1.165) is 6.08 Å². The Hall–Kier alpha value is -1.99. The summed E-state index contributed by atoms with van der Waals surface area (Å²) in [5, 5.41) is 3.92. The third-order valence-corrected chi connectivity index (χ3v) is 3.50. The van der Waals surface area contributed by atoms with Gasteiger partial charge in [-0.05, 0) is 26.0 Å². The molecule has 0 unspecified atom stereocenters. The molecule has 2 heterocycles. The van der Waals surface area contributed by atoms with Crippen LogP contribution in [0, 0.1) is 0 Å². The van der Waals surface area contributed by atoms with Crippen molar-refractivity contribution in [1.82, 2.24) is 9.91 Å². The van der Waals surface area contributed by atoms with Crippen molar-refractivity contribution in [2.75, 3.05) is 20.7 Å². The van der Waals surface area contributed by atoms with Crippen molar-refractivity contribution in [2.24, 2.45) is 5.10 Å². The number of carbonyl (C=O) groups excluding carboxylic acids is 1. The fraction of sp³-hybridized carbons (Fsp3) is 0.538. The maximum absolute atomic E-state index is 12.8. The van der Waals surface area contributed by atoms with Crippen LogP contribution in [0.3, 0.4) is 0 Å². The number of halogens is 3. The highest BCUT2D eigenvalue weighted by Crippen LogP contribution is 2.30. The predicted octanol–water partition coefficient (Wildman–Crippen LogP) is 1.89. The molecule has 2 aliphatic heterocycles. The smallest absolute Gasteiger partial charge is 0.435 e. The van der Waals surface area contributed by atoms with Gasteiger partial charge in [-0.1, -0.05) is 0 Å². The second kappa shape index (κ2) is 4.78. The van der Waals surface area contributed by atoms with E-state index in [1.165, 1.54) is 13.1 Å². The second-order valence-electron chi connectivity index (χ2n) is 5.52. The fourth-order valence-electron chi connectivity index (χ4n) is 1.94. The Morgan fingerprint density at radius 2 is 1.90 bits per heavy atom. The average molecular weight is 303 g/mol. The van der Waals surface area contributed by atoms with Gasteiger partial charge in [-0.25, -0.2) is 5.01 Å². The van der Waals surface area contributed by atoms with Gasteiger partial charge in [0.2, 0.25) is 0 Å². The summed E-state index contributed by atoms with van der Waals surface area (Å²) in [6, 6.07) is 0. The minimum absolute atomic E-state index is 0.248. The van der Waals surface area contributed by atoms with Gasteiger partial charge in [0.1, 0.15) is 6.61 Å². The summed E-state index contributed by atoms with van der Waals surface area (Å²) < 4.78 is 44.0. The van der Waals surface area contributed by atoms with Gasteiger partial charge >= 0.3 is 6.18 Å². The lowest BCUT2D eigenvalue weighted by atomic mass is 10.1. The second-order valence-corrected chi connectivity index (χ2v) is 5.52. The maximum Gasteiger partial charge on any atom is 0.435 e. The van der Waals surface area contributed by atoms with Gasteiger partial charge in [0.05, 0.1) is 11.1 Å². The maximum atomic E-state index is 12.8. The minimum Gasteiger partial charge on any atom is -0.477 e. The highest BCUT2D eigenvalue weighted by atomic mass is 19.4. The largest absolute Gasteiger partial charge is 0.477 e. The van der Waals surface area contributed by atoms with Crippen LogP contribution >= 0.6 is 0 Å². The lowest BCUT2D eigenvalue weighted by Crippen LogP contribution is -2.36. The fourth-order valence-corrected chi connectivity index (χ4v) is 1.94. The molecule has 0 aromatic heterocycles. The molecule has 1 amide bonds. The van der Waals surface area contributed by atoms with Gasteiger partial charge in [-0.3, -0.25) is 4.79 Å². The van der Waals surface area contributed by atoms with E-state index in [0.29, 0.717) is 17.5 Å². The lowest BCUT2D eigenvalue weighted by molar-refractivity contribution is -0.124. The Morgan fingerprint density at radius 1 is 1.29 bits per heavy atom. The number of ether oxygens (including phenoxy) is 1. The minimum atomic E-state index is -4.67. The first-order valence-electron chi connectivity index (χ1n) is 6.27. The molecule has 0 saturated carbocycles. The SMILES string of the molecule is CN1N=C(C(F)(F)F)/C(=C\C=C2\OCC(C)(C)N2C)C1=O. The molecule has 0 spiro atoms. The average Bonchev–Trinajstić information content (AvgIpc) is 2.78. The van der Waals surface area contributed by atoms with Crippen LogP contribution in [0.5, 0.6) is 0 Å². The van der Waals surface area contributed by atoms with E-state index >= 15 is 0 Å². The van der Waals surface area contributed by atoms with Gasteiger partial charge in [0.15, 0.2) is 11.6 Å². The highest BCUT2D eigenvalue weighted by molar-refractivity contribution is 6.26. The van der Waals surface area contributed by atoms with Gasteiger partial charge in [0, 0.05) is 14.1 Å². The topological polar surface area (TPSA) is 45.1 Å². The molecule has 116 valence electrons. The molecule has 21 heavy (non-hydrogen) atoms. The van der Waals surface area contributed by atoms with Crippen LogP contribution in [-0.2, 0) is 9.53 Å². The molecular weight excluding hydrogens is 287 g/mol. The number of amides is 1. The lowest BCUT2D eigenvalue weighted by Gasteiger charge is -2.25. The van der Waals surface area contributed by atoms with Crippen molar-refractivity contribution >= 4 is 11.6 Å². The Kier molecular flexibility index (Phi) is 3.51. The zero-order chi connectivity index (χ0) is 16.0. The van der Waals surface area contributed by atoms with Gasteiger partial charge in [-0.15, -0.1) is 0 Å². The van der Waals surface area contributed by atoms with Gasteiger partial charge in [-0.2, -0.15) is 18.3 Å². The summed E-state index contributed by atoms with van der Waals surface area (Å²) >= 11 is 0. The summed E-state index contributed by atoms with van der Waals surface area (Å²) in [6.07, 6.45) is -2.21. The summed E-state index contributed by atoms with van der Waals surface area (Å²) in [7, 11) is 2.96. The normalized spacial score (nSPS) is 25.9. The van der Waals surface area contributed by atoms with E-state index < -0.39 is 23.4 Å². The van der Waals surface area contributed by atoms with Crippen LogP contribution in [0.15, 0.2) is 28.7 Å². The first-order valence-corrected chi connectivity index (χ1v) is 6.27. The van der Waals surface area contributed by atoms with Crippen molar-refractivity contribution in [3.05, 3.63) is 23.6 Å². The van der Waals surface area contributed by atoms with Crippen molar-refractivity contribution < 1.29 is 22.7 Å². The van der Waals surface area contributed by atoms with Crippen molar-refractivity contribution in [3.63, 3.8) is 0 Å². The van der Waals surface area contributed by atoms with Crippen LogP contribution < -0.4 is 0 Å². The van der Waals surface area contributed by atoms with Crippen LogP contribution in [0.1, 0.15) is 13.8 Å². The molecule has 1 fully saturated rings. The monoisotopic (exact) mass is 303 g/mol. The zero-order valence-corrected chi connectivity index (χ0v) is 12.2. The van der Waals surface area contributed by atoms with Crippen LogP contribution in [0.4, 0.5) is 13.2 Å². The van der Waals surface area contributed by atoms with E-state index in [1.54, 1.807) is 11.9 Å². The number of hydrogen-bond donors (Lipinski definition) is 0. The third kappa shape index (κ3) is 2.74. The van der Waals surface area contributed by atoms with E-state index in [4.69, 9.17) is 4.74 Å². The molecule has 5 nitrogen and oxygen atoms in total. The Balaban J connectivity index is 2.33. The molecule has 0 N–H and O–H groups in total. The number of allylic oxidation sites excluding steroid dienone is 2. The van der Waals surface area contributed by atoms with Crippen molar-refractivity contribution in [3.8, 4) is 0 Å². The molecule has 1 saturated heterocycles. The Bertz CT molecular complexity index is 561. The third-order valence-electron chi connectivity index (χ3n) is 3.50. The molecule has 0 atom stereocenters. The first-order chi connectivity index (χ1) is 9.54. The number of hydrazone groups is 1. The molecular formula is C13H16F3N3O2. The Labute approximate surface area is 120 Å². The molecule has 0 aromatic carbocycles.